The van der Waals surface area contributed by atoms with E-state index in [1.54, 1.807) is 0 Å². The van der Waals surface area contributed by atoms with Gasteiger partial charge in [0.2, 0.25) is 0 Å². The third-order valence-electron chi connectivity index (χ3n) is 0. The van der Waals surface area contributed by atoms with Gasteiger partial charge in [-0.15, -0.1) is 0 Å². The predicted molar refractivity (Wildman–Crippen MR) is 19.4 cm³/mol. The molecule has 0 fully saturated rings. The van der Waals surface area contributed by atoms with E-state index in [9.17, 15) is 0 Å². The van der Waals surface area contributed by atoms with Gasteiger partial charge < -0.3 is 19.1 Å². The number of rotatable bonds is 0. The molecular formula is CH6BeNO-. The van der Waals surface area contributed by atoms with Crippen molar-refractivity contribution in [2.75, 3.05) is 0 Å². The smallest absolute Gasteiger partial charge is 0.870 e. The summed E-state index contributed by atoms with van der Waals surface area (Å²) in [5.41, 5.74) is 0. The Morgan fingerprint density at radius 2 is 1.00 bits per heavy atom. The average Bonchev–Trinajstić information content (AvgIpc) is 0. The second kappa shape index (κ2) is 1710. The fraction of sp³-hybridized carbons (Fsp3) is 0. The van der Waals surface area contributed by atoms with Crippen LogP contribution in [0.2, 0.25) is 0 Å². The number of hydrogen-bond donors (Lipinski definition) is 0. The topological polar surface area (TPSA) is 63.5 Å². The molecular weight excluding hydrogens is 51.0 g/mol. The van der Waals surface area contributed by atoms with Gasteiger partial charge in [0.1, 0.15) is 0 Å². The van der Waals surface area contributed by atoms with Crippen molar-refractivity contribution in [3.05, 3.63) is 13.6 Å². The molecule has 2 nitrogen and oxygen atoms in total. The molecule has 0 spiro atoms. The molecule has 0 radical (unpaired) electrons. The molecule has 0 aliphatic rings. The van der Waals surface area contributed by atoms with Crippen LogP contribution in [0.5, 0.6) is 0 Å². The molecule has 3 N–H and O–H groups in total. The molecule has 0 aromatic rings. The normalized spacial score (nSPS) is 0. The van der Waals surface area contributed by atoms with Gasteiger partial charge in [-0.25, -0.2) is 0 Å². The summed E-state index contributed by atoms with van der Waals surface area (Å²) in [6.07, 6.45) is 0. The largest absolute Gasteiger partial charge is 2.00 e. The quantitative estimate of drug-likeness (QED) is 0.296. The number of hydrogen-bond acceptors (Lipinski definition) is 1. The van der Waals surface area contributed by atoms with Crippen molar-refractivity contribution in [3.63, 3.8) is 0 Å². The van der Waals surface area contributed by atoms with Gasteiger partial charge in [-0.1, -0.05) is 0 Å². The van der Waals surface area contributed by atoms with Crippen molar-refractivity contribution in [3.8, 4) is 0 Å². The van der Waals surface area contributed by atoms with E-state index in [2.05, 4.69) is 0 Å². The van der Waals surface area contributed by atoms with E-state index in [1.165, 1.54) is 0 Å². The molecule has 0 unspecified atom stereocenters. The Kier molecular flexibility index (Phi) is 2110000. The van der Waals surface area contributed by atoms with Crippen molar-refractivity contribution in [1.29, 1.82) is 0 Å². The fourth-order valence-corrected chi connectivity index (χ4v) is 0. The van der Waals surface area contributed by atoms with Crippen LogP contribution in [0.15, 0.2) is 0 Å². The Bertz CT molecular complexity index is 8.00. The zero-order valence-corrected chi connectivity index (χ0v) is 2.73. The van der Waals surface area contributed by atoms with Gasteiger partial charge in [-0.2, -0.15) is 0 Å². The standard InChI is InChI=1S/CH3.Be.H2N.H2O/h1H3;;2*1H2/q-1;+2;-1;/p-1. The van der Waals surface area contributed by atoms with Crippen LogP contribution in [0, 0.1) is 7.43 Å². The minimum absolute atomic E-state index is 0. The first kappa shape index (κ1) is 4940. The van der Waals surface area contributed by atoms with E-state index in [4.69, 9.17) is 0 Å². The summed E-state index contributed by atoms with van der Waals surface area (Å²) in [6, 6.07) is 0. The van der Waals surface area contributed by atoms with Crippen molar-refractivity contribution < 1.29 is 5.48 Å². The molecule has 0 aromatic heterocycles. The molecule has 0 atom stereocenters. The Hall–Kier alpha value is 0.0888. The van der Waals surface area contributed by atoms with Crippen LogP contribution >= 0.6 is 0 Å². The molecule has 0 saturated heterocycles. The van der Waals surface area contributed by atoms with Gasteiger partial charge in [-0.05, 0) is 0 Å². The minimum Gasteiger partial charge on any atom is -0.870 e. The minimum atomic E-state index is 0. The zero-order chi connectivity index (χ0) is 0. The van der Waals surface area contributed by atoms with E-state index in [0.717, 1.165) is 0 Å². The van der Waals surface area contributed by atoms with Crippen LogP contribution in [0.25, 0.3) is 6.15 Å². The molecule has 0 rings (SSSR count). The van der Waals surface area contributed by atoms with Crippen molar-refractivity contribution in [1.82, 2.24) is 0 Å². The molecule has 4 heavy (non-hydrogen) atoms. The summed E-state index contributed by atoms with van der Waals surface area (Å²) in [6.45, 7) is 0. The molecule has 0 aliphatic heterocycles. The molecule has 24 valence electrons. The second-order valence-corrected chi connectivity index (χ2v) is 0. The summed E-state index contributed by atoms with van der Waals surface area (Å²) >= 11 is 0. The van der Waals surface area contributed by atoms with Gasteiger partial charge in [0.25, 0.3) is 0 Å². The molecule has 0 bridgehead atoms. The Morgan fingerprint density at radius 1 is 1.00 bits per heavy atom. The maximum Gasteiger partial charge on any atom is 2.00 e. The monoisotopic (exact) mass is 57.1 g/mol. The van der Waals surface area contributed by atoms with Crippen molar-refractivity contribution in [2.45, 2.75) is 0 Å². The Labute approximate surface area is 30.3 Å². The van der Waals surface area contributed by atoms with Gasteiger partial charge in [-0.3, -0.25) is 0 Å². The van der Waals surface area contributed by atoms with Crippen LogP contribution < -0.4 is 0 Å². The molecule has 3 heteroatoms. The fourth-order valence-electron chi connectivity index (χ4n) is 0. The first-order valence-corrected chi connectivity index (χ1v) is 0. The Balaban J connectivity index is 0. The van der Waals surface area contributed by atoms with Gasteiger partial charge in [0, 0.05) is 0 Å². The van der Waals surface area contributed by atoms with E-state index >= 15 is 0 Å². The Morgan fingerprint density at radius 3 is 1.00 bits per heavy atom. The van der Waals surface area contributed by atoms with Gasteiger partial charge in [0.05, 0.1) is 0 Å². The van der Waals surface area contributed by atoms with E-state index in [-0.39, 0.29) is 29.2 Å². The maximum atomic E-state index is 0. The van der Waals surface area contributed by atoms with Crippen molar-refractivity contribution >= 4 is 10.1 Å². The van der Waals surface area contributed by atoms with E-state index < -0.39 is 0 Å². The maximum absolute atomic E-state index is 0. The van der Waals surface area contributed by atoms with Gasteiger partial charge >= 0.3 is 10.1 Å². The van der Waals surface area contributed by atoms with Crippen LogP contribution in [0.1, 0.15) is 0 Å². The van der Waals surface area contributed by atoms with E-state index in [0.29, 0.717) is 0 Å². The third-order valence-corrected chi connectivity index (χ3v) is 0. The summed E-state index contributed by atoms with van der Waals surface area (Å²) in [4.78, 5) is 0. The summed E-state index contributed by atoms with van der Waals surface area (Å²) in [7, 11) is 0. The molecule has 0 aromatic carbocycles. The first-order valence-electron chi connectivity index (χ1n) is 0. The number of nitrogens with two attached hydrogens (primary N) is 1. The second-order valence-electron chi connectivity index (χ2n) is 0. The summed E-state index contributed by atoms with van der Waals surface area (Å²) in [5.74, 6) is 0. The molecule has 0 saturated carbocycles. The van der Waals surface area contributed by atoms with E-state index in [1.807, 2.05) is 0 Å². The average molecular weight is 57.1 g/mol. The SMILES string of the molecule is [Be+2].[CH3-].[NH2-].[OH-]. The third kappa shape index (κ3) is 314. The van der Waals surface area contributed by atoms with Crippen LogP contribution in [0.4, 0.5) is 0 Å². The summed E-state index contributed by atoms with van der Waals surface area (Å²) in [5, 5.41) is 0. The predicted octanol–water partition coefficient (Wildman–Crippen LogP) is 0.610. The van der Waals surface area contributed by atoms with Gasteiger partial charge in [0.15, 0.2) is 0 Å². The first-order chi connectivity index (χ1) is 0. The summed E-state index contributed by atoms with van der Waals surface area (Å²) < 4.78 is 0. The van der Waals surface area contributed by atoms with Crippen LogP contribution in [-0.4, -0.2) is 15.6 Å². The molecule has 0 heterocycles. The van der Waals surface area contributed by atoms with Crippen molar-refractivity contribution in [2.24, 2.45) is 0 Å². The van der Waals surface area contributed by atoms with Crippen LogP contribution in [-0.2, 0) is 0 Å². The zero-order valence-electron chi connectivity index (χ0n) is 2.73. The molecule has 0 amide bonds. The van der Waals surface area contributed by atoms with Crippen LogP contribution in [0.3, 0.4) is 0 Å². The molecule has 0 aliphatic carbocycles.